The van der Waals surface area contributed by atoms with Crippen LogP contribution in [0, 0.1) is 3.14 Å². The fraction of sp³-hybridized carbons (Fsp3) is 0.429. The quantitative estimate of drug-likeness (QED) is 0.579. The van der Waals surface area contributed by atoms with E-state index in [1.54, 1.807) is 46.2 Å². The van der Waals surface area contributed by atoms with Gasteiger partial charge in [-0.1, -0.05) is 24.0 Å². The Hall–Kier alpha value is 0.440. The SMILES string of the molecule is CC(=O)O[C@H]1CSc2sc(=S)sc2S1. The average molecular weight is 282 g/mol. The van der Waals surface area contributed by atoms with Crippen LogP contribution in [0.15, 0.2) is 8.42 Å². The molecule has 0 fully saturated rings. The third-order valence-corrected chi connectivity index (χ3v) is 7.27. The molecule has 0 saturated heterocycles. The van der Waals surface area contributed by atoms with Crippen molar-refractivity contribution in [2.75, 3.05) is 5.75 Å². The Morgan fingerprint density at radius 2 is 2.21 bits per heavy atom. The van der Waals surface area contributed by atoms with Crippen LogP contribution in [0.2, 0.25) is 0 Å². The lowest BCUT2D eigenvalue weighted by Crippen LogP contribution is -2.16. The largest absolute Gasteiger partial charge is 0.450 e. The van der Waals surface area contributed by atoms with Gasteiger partial charge in [0, 0.05) is 12.7 Å². The molecule has 7 heteroatoms. The molecule has 1 aromatic heterocycles. The summed E-state index contributed by atoms with van der Waals surface area (Å²) in [5, 5.41) is 0. The van der Waals surface area contributed by atoms with E-state index in [0.29, 0.717) is 0 Å². The Kier molecular flexibility index (Phi) is 3.54. The zero-order chi connectivity index (χ0) is 10.1. The van der Waals surface area contributed by atoms with Crippen LogP contribution in [0.3, 0.4) is 0 Å². The second kappa shape index (κ2) is 4.52. The average Bonchev–Trinajstić information content (AvgIpc) is 2.42. The van der Waals surface area contributed by atoms with Gasteiger partial charge in [0.15, 0.2) is 5.44 Å². The molecule has 1 atom stereocenters. The Labute approximate surface area is 103 Å². The van der Waals surface area contributed by atoms with Crippen molar-refractivity contribution in [3.8, 4) is 0 Å². The Bertz CT molecular complexity index is 406. The number of carbonyl (C=O) groups is 1. The molecule has 2 rings (SSSR count). The van der Waals surface area contributed by atoms with Crippen molar-refractivity contribution in [2.45, 2.75) is 20.8 Å². The monoisotopic (exact) mass is 282 g/mol. The summed E-state index contributed by atoms with van der Waals surface area (Å²) >= 11 is 11.7. The Balaban J connectivity index is 2.13. The topological polar surface area (TPSA) is 26.3 Å². The number of rotatable bonds is 1. The lowest BCUT2D eigenvalue weighted by Gasteiger charge is -2.19. The summed E-state index contributed by atoms with van der Waals surface area (Å²) in [6, 6.07) is 0. The van der Waals surface area contributed by atoms with Gasteiger partial charge in [0.25, 0.3) is 0 Å². The highest BCUT2D eigenvalue weighted by atomic mass is 32.2. The van der Waals surface area contributed by atoms with Gasteiger partial charge in [-0.2, -0.15) is 0 Å². The molecule has 0 bridgehead atoms. The van der Waals surface area contributed by atoms with E-state index in [1.165, 1.54) is 15.3 Å². The number of esters is 1. The number of carbonyl (C=O) groups excluding carboxylic acids is 1. The maximum Gasteiger partial charge on any atom is 0.303 e. The minimum atomic E-state index is -0.217. The van der Waals surface area contributed by atoms with E-state index in [4.69, 9.17) is 17.0 Å². The lowest BCUT2D eigenvalue weighted by molar-refractivity contribution is -0.141. The van der Waals surface area contributed by atoms with E-state index >= 15 is 0 Å². The van der Waals surface area contributed by atoms with Crippen LogP contribution in [0.5, 0.6) is 0 Å². The minimum Gasteiger partial charge on any atom is -0.450 e. The second-order valence-electron chi connectivity index (χ2n) is 2.50. The van der Waals surface area contributed by atoms with Gasteiger partial charge in [-0.15, -0.1) is 34.4 Å². The summed E-state index contributed by atoms with van der Waals surface area (Å²) in [7, 11) is 0. The molecule has 0 unspecified atom stereocenters. The van der Waals surface area contributed by atoms with Crippen LogP contribution >= 0.6 is 58.4 Å². The summed E-state index contributed by atoms with van der Waals surface area (Å²) in [6.07, 6.45) is 0. The molecule has 1 aliphatic heterocycles. The predicted molar refractivity (Wildman–Crippen MR) is 65.2 cm³/mol. The van der Waals surface area contributed by atoms with Gasteiger partial charge in [0.05, 0.1) is 8.42 Å². The van der Waals surface area contributed by atoms with Gasteiger partial charge in [-0.3, -0.25) is 4.79 Å². The van der Waals surface area contributed by atoms with Gasteiger partial charge in [-0.05, 0) is 0 Å². The molecule has 1 aliphatic rings. The number of fused-ring (bicyclic) bond motifs is 1. The van der Waals surface area contributed by atoms with Gasteiger partial charge in [-0.25, -0.2) is 0 Å². The van der Waals surface area contributed by atoms with Crippen LogP contribution in [0.25, 0.3) is 0 Å². The van der Waals surface area contributed by atoms with Gasteiger partial charge >= 0.3 is 5.97 Å². The molecule has 0 spiro atoms. The number of hydrogen-bond acceptors (Lipinski definition) is 7. The van der Waals surface area contributed by atoms with E-state index in [1.807, 2.05) is 0 Å². The molecule has 0 amide bonds. The van der Waals surface area contributed by atoms with E-state index in [0.717, 1.165) is 8.89 Å². The van der Waals surface area contributed by atoms with E-state index < -0.39 is 0 Å². The van der Waals surface area contributed by atoms with E-state index in [9.17, 15) is 4.79 Å². The fourth-order valence-electron chi connectivity index (χ4n) is 0.956. The fourth-order valence-corrected chi connectivity index (χ4v) is 7.29. The molecule has 0 aromatic carbocycles. The van der Waals surface area contributed by atoms with Crippen molar-refractivity contribution in [2.24, 2.45) is 0 Å². The number of ether oxygens (including phenoxy) is 1. The highest BCUT2D eigenvalue weighted by molar-refractivity contribution is 8.08. The smallest absolute Gasteiger partial charge is 0.303 e. The number of thioether (sulfide) groups is 2. The molecule has 0 N–H and O–H groups in total. The molecule has 0 radical (unpaired) electrons. The molecule has 2 heterocycles. The summed E-state index contributed by atoms with van der Waals surface area (Å²) in [4.78, 5) is 10.8. The molecule has 76 valence electrons. The minimum absolute atomic E-state index is 0.0507. The van der Waals surface area contributed by atoms with Crippen molar-refractivity contribution in [1.29, 1.82) is 0 Å². The van der Waals surface area contributed by atoms with Gasteiger partial charge in [0.2, 0.25) is 0 Å². The van der Waals surface area contributed by atoms with Crippen molar-refractivity contribution in [3.63, 3.8) is 0 Å². The van der Waals surface area contributed by atoms with Crippen molar-refractivity contribution in [3.05, 3.63) is 3.14 Å². The molecular weight excluding hydrogens is 276 g/mol. The summed E-state index contributed by atoms with van der Waals surface area (Å²) in [5.74, 6) is 0.601. The van der Waals surface area contributed by atoms with Crippen molar-refractivity contribution < 1.29 is 9.53 Å². The molecule has 2 nitrogen and oxygen atoms in total. The van der Waals surface area contributed by atoms with E-state index in [-0.39, 0.29) is 11.4 Å². The van der Waals surface area contributed by atoms with Crippen molar-refractivity contribution in [1.82, 2.24) is 0 Å². The number of hydrogen-bond donors (Lipinski definition) is 0. The zero-order valence-electron chi connectivity index (χ0n) is 7.14. The Morgan fingerprint density at radius 3 is 2.93 bits per heavy atom. The lowest BCUT2D eigenvalue weighted by atomic mass is 10.7. The maximum atomic E-state index is 10.8. The zero-order valence-corrected chi connectivity index (χ0v) is 11.2. The van der Waals surface area contributed by atoms with Crippen LogP contribution in [-0.2, 0) is 9.53 Å². The van der Waals surface area contributed by atoms with Gasteiger partial charge in [0.1, 0.15) is 3.14 Å². The maximum absolute atomic E-state index is 10.8. The molecule has 0 aliphatic carbocycles. The molecule has 0 saturated carbocycles. The first kappa shape index (κ1) is 10.9. The molecule has 1 aromatic rings. The van der Waals surface area contributed by atoms with Gasteiger partial charge < -0.3 is 4.74 Å². The van der Waals surface area contributed by atoms with Crippen LogP contribution < -0.4 is 0 Å². The first-order valence-corrected chi connectivity index (χ1v) is 7.66. The summed E-state index contributed by atoms with van der Waals surface area (Å²) in [5.41, 5.74) is -0.0507. The van der Waals surface area contributed by atoms with Crippen molar-refractivity contribution >= 4 is 64.4 Å². The van der Waals surface area contributed by atoms with Crippen LogP contribution in [0.4, 0.5) is 0 Å². The Morgan fingerprint density at radius 1 is 1.50 bits per heavy atom. The second-order valence-corrected chi connectivity index (χ2v) is 8.44. The van der Waals surface area contributed by atoms with E-state index in [2.05, 4.69) is 0 Å². The highest BCUT2D eigenvalue weighted by Gasteiger charge is 2.24. The summed E-state index contributed by atoms with van der Waals surface area (Å²) in [6.45, 7) is 1.44. The third-order valence-electron chi connectivity index (χ3n) is 1.41. The standard InChI is InChI=1S/C7H6O2S5/c1-3(8)9-4-2-11-5-6(12-4)14-7(10)13-5/h4H,2H2,1H3/t4-/m1/s1. The first-order valence-electron chi connectivity index (χ1n) is 3.76. The summed E-state index contributed by atoms with van der Waals surface area (Å²) < 4.78 is 8.55. The van der Waals surface area contributed by atoms with Crippen LogP contribution in [-0.4, -0.2) is 17.2 Å². The third kappa shape index (κ3) is 2.52. The predicted octanol–water partition coefficient (Wildman–Crippen LogP) is 3.63. The van der Waals surface area contributed by atoms with Crippen LogP contribution in [0.1, 0.15) is 6.92 Å². The molecular formula is C7H6O2S5. The molecule has 14 heavy (non-hydrogen) atoms. The normalized spacial score (nSPS) is 20.2. The first-order chi connectivity index (χ1) is 6.65. The highest BCUT2D eigenvalue weighted by Crippen LogP contribution is 2.47.